The highest BCUT2D eigenvalue weighted by molar-refractivity contribution is 5.77. The molecule has 1 aliphatic heterocycles. The molecule has 4 heteroatoms. The van der Waals surface area contributed by atoms with Gasteiger partial charge in [0.05, 0.1) is 12.6 Å². The van der Waals surface area contributed by atoms with E-state index in [-0.39, 0.29) is 12.1 Å². The predicted molar refractivity (Wildman–Crippen MR) is 23.9 cm³/mol. The van der Waals surface area contributed by atoms with Gasteiger partial charge in [-0.25, -0.2) is 5.43 Å². The predicted octanol–water partition coefficient (Wildman–Crippen LogP) is -1.70. The summed E-state index contributed by atoms with van der Waals surface area (Å²) in [6.45, 7) is 0. The summed E-state index contributed by atoms with van der Waals surface area (Å²) in [5.41, 5.74) is 10.1. The lowest BCUT2D eigenvalue weighted by Gasteiger charge is -1.94. The monoisotopic (exact) mass is 101 g/mol. The zero-order valence-electron chi connectivity index (χ0n) is 3.77. The highest BCUT2D eigenvalue weighted by Crippen LogP contribution is 1.86. The SMILES string of the molecule is N[C@H]1CC(=O)NN1. The standard InChI is InChI=1S/C3H7N3O/c4-2-1-3(7)6-5-2/h2,5H,1,4H2,(H,6,7)/t2-/m1/s1. The molecule has 0 radical (unpaired) electrons. The third-order valence-electron chi connectivity index (χ3n) is 0.802. The lowest BCUT2D eigenvalue weighted by molar-refractivity contribution is -0.119. The van der Waals surface area contributed by atoms with Crippen LogP contribution >= 0.6 is 0 Å². The molecule has 0 saturated carbocycles. The van der Waals surface area contributed by atoms with Crippen molar-refractivity contribution in [2.75, 3.05) is 0 Å². The van der Waals surface area contributed by atoms with E-state index in [1.165, 1.54) is 0 Å². The average Bonchev–Trinajstić information content (AvgIpc) is 1.87. The van der Waals surface area contributed by atoms with Crippen LogP contribution in [0, 0.1) is 0 Å². The lowest BCUT2D eigenvalue weighted by atomic mass is 10.4. The Kier molecular flexibility index (Phi) is 0.958. The van der Waals surface area contributed by atoms with Gasteiger partial charge in [0.15, 0.2) is 0 Å². The van der Waals surface area contributed by atoms with Crippen molar-refractivity contribution in [2.45, 2.75) is 12.6 Å². The number of amides is 1. The number of hydrazine groups is 1. The summed E-state index contributed by atoms with van der Waals surface area (Å²) in [5, 5.41) is 0. The Hall–Kier alpha value is -0.610. The van der Waals surface area contributed by atoms with Crippen molar-refractivity contribution in [1.29, 1.82) is 0 Å². The van der Waals surface area contributed by atoms with Crippen molar-refractivity contribution in [1.82, 2.24) is 10.9 Å². The van der Waals surface area contributed by atoms with Crippen LogP contribution in [0.5, 0.6) is 0 Å². The molecule has 1 heterocycles. The van der Waals surface area contributed by atoms with Crippen molar-refractivity contribution in [3.05, 3.63) is 0 Å². The molecule has 0 aromatic carbocycles. The maximum Gasteiger partial charge on any atom is 0.237 e. The van der Waals surface area contributed by atoms with Crippen LogP contribution < -0.4 is 16.6 Å². The summed E-state index contributed by atoms with van der Waals surface area (Å²) < 4.78 is 0. The van der Waals surface area contributed by atoms with Gasteiger partial charge in [-0.2, -0.15) is 0 Å². The van der Waals surface area contributed by atoms with Gasteiger partial charge in [0.1, 0.15) is 0 Å². The zero-order valence-corrected chi connectivity index (χ0v) is 3.77. The van der Waals surface area contributed by atoms with E-state index in [9.17, 15) is 4.79 Å². The summed E-state index contributed by atoms with van der Waals surface area (Å²) in [5.74, 6) is -0.0347. The Bertz CT molecular complexity index is 92.2. The number of rotatable bonds is 0. The molecule has 1 amide bonds. The van der Waals surface area contributed by atoms with E-state index in [1.54, 1.807) is 0 Å². The molecule has 0 aliphatic carbocycles. The van der Waals surface area contributed by atoms with E-state index in [0.717, 1.165) is 0 Å². The summed E-state index contributed by atoms with van der Waals surface area (Å²) in [6, 6.07) is 0. The van der Waals surface area contributed by atoms with Gasteiger partial charge < -0.3 is 5.73 Å². The van der Waals surface area contributed by atoms with E-state index >= 15 is 0 Å². The highest BCUT2D eigenvalue weighted by atomic mass is 16.2. The number of hydrogen-bond donors (Lipinski definition) is 3. The molecular formula is C3H7N3O. The Morgan fingerprint density at radius 2 is 2.57 bits per heavy atom. The lowest BCUT2D eigenvalue weighted by Crippen LogP contribution is -2.36. The Morgan fingerprint density at radius 1 is 1.86 bits per heavy atom. The molecule has 1 aliphatic rings. The largest absolute Gasteiger partial charge is 0.314 e. The molecule has 0 aromatic heterocycles. The first-order valence-corrected chi connectivity index (χ1v) is 2.09. The molecular weight excluding hydrogens is 94.1 g/mol. The summed E-state index contributed by atoms with van der Waals surface area (Å²) in [4.78, 5) is 10.2. The van der Waals surface area contributed by atoms with Crippen LogP contribution in [-0.4, -0.2) is 12.1 Å². The maximum absolute atomic E-state index is 10.2. The number of nitrogens with two attached hydrogens (primary N) is 1. The van der Waals surface area contributed by atoms with Crippen LogP contribution in [-0.2, 0) is 4.79 Å². The Balaban J connectivity index is 2.40. The van der Waals surface area contributed by atoms with Crippen molar-refractivity contribution in [3.63, 3.8) is 0 Å². The highest BCUT2D eigenvalue weighted by Gasteiger charge is 2.15. The van der Waals surface area contributed by atoms with E-state index in [0.29, 0.717) is 6.42 Å². The van der Waals surface area contributed by atoms with Gasteiger partial charge in [0.25, 0.3) is 0 Å². The minimum absolute atomic E-state index is 0.0347. The molecule has 1 rings (SSSR count). The number of hydrogen-bond acceptors (Lipinski definition) is 3. The average molecular weight is 101 g/mol. The molecule has 0 unspecified atom stereocenters. The van der Waals surface area contributed by atoms with Gasteiger partial charge in [-0.3, -0.25) is 10.2 Å². The molecule has 1 saturated heterocycles. The van der Waals surface area contributed by atoms with E-state index < -0.39 is 0 Å². The molecule has 7 heavy (non-hydrogen) atoms. The first-order chi connectivity index (χ1) is 3.29. The Morgan fingerprint density at radius 3 is 2.71 bits per heavy atom. The molecule has 0 aromatic rings. The molecule has 1 fully saturated rings. The van der Waals surface area contributed by atoms with Crippen molar-refractivity contribution < 1.29 is 4.79 Å². The zero-order chi connectivity index (χ0) is 5.28. The van der Waals surface area contributed by atoms with Gasteiger partial charge >= 0.3 is 0 Å². The van der Waals surface area contributed by atoms with Crippen LogP contribution in [0.25, 0.3) is 0 Å². The number of carbonyl (C=O) groups is 1. The van der Waals surface area contributed by atoms with Gasteiger partial charge in [-0.05, 0) is 0 Å². The smallest absolute Gasteiger partial charge is 0.237 e. The van der Waals surface area contributed by atoms with E-state index in [4.69, 9.17) is 5.73 Å². The van der Waals surface area contributed by atoms with Crippen LogP contribution in [0.2, 0.25) is 0 Å². The second kappa shape index (κ2) is 1.48. The van der Waals surface area contributed by atoms with Crippen molar-refractivity contribution in [3.8, 4) is 0 Å². The number of carbonyl (C=O) groups excluding carboxylic acids is 1. The van der Waals surface area contributed by atoms with Gasteiger partial charge in [-0.1, -0.05) is 0 Å². The van der Waals surface area contributed by atoms with Crippen LogP contribution in [0.1, 0.15) is 6.42 Å². The maximum atomic E-state index is 10.2. The molecule has 40 valence electrons. The van der Waals surface area contributed by atoms with Gasteiger partial charge in [0.2, 0.25) is 5.91 Å². The van der Waals surface area contributed by atoms with E-state index in [1.807, 2.05) is 0 Å². The van der Waals surface area contributed by atoms with Crippen LogP contribution in [0.15, 0.2) is 0 Å². The second-order valence-electron chi connectivity index (χ2n) is 1.50. The summed E-state index contributed by atoms with van der Waals surface area (Å²) in [6.07, 6.45) is 0.201. The fourth-order valence-corrected chi connectivity index (χ4v) is 0.475. The second-order valence-corrected chi connectivity index (χ2v) is 1.50. The third kappa shape index (κ3) is 0.880. The molecule has 4 nitrogen and oxygen atoms in total. The summed E-state index contributed by atoms with van der Waals surface area (Å²) in [7, 11) is 0. The fraction of sp³-hybridized carbons (Fsp3) is 0.667. The van der Waals surface area contributed by atoms with Crippen molar-refractivity contribution in [2.24, 2.45) is 5.73 Å². The minimum Gasteiger partial charge on any atom is -0.314 e. The Labute approximate surface area is 41.0 Å². The first-order valence-electron chi connectivity index (χ1n) is 2.09. The van der Waals surface area contributed by atoms with Crippen LogP contribution in [0.3, 0.4) is 0 Å². The molecule has 4 N–H and O–H groups in total. The minimum atomic E-state index is -0.188. The van der Waals surface area contributed by atoms with Gasteiger partial charge in [0, 0.05) is 0 Å². The topological polar surface area (TPSA) is 67.2 Å². The van der Waals surface area contributed by atoms with Crippen molar-refractivity contribution >= 4 is 5.91 Å². The normalized spacial score (nSPS) is 30.4. The van der Waals surface area contributed by atoms with E-state index in [2.05, 4.69) is 10.9 Å². The first kappa shape index (κ1) is 4.55. The quantitative estimate of drug-likeness (QED) is 0.340. The fourth-order valence-electron chi connectivity index (χ4n) is 0.475. The molecule has 0 spiro atoms. The molecule has 0 bridgehead atoms. The van der Waals surface area contributed by atoms with Crippen LogP contribution in [0.4, 0.5) is 0 Å². The van der Waals surface area contributed by atoms with Gasteiger partial charge in [-0.15, -0.1) is 0 Å². The summed E-state index contributed by atoms with van der Waals surface area (Å²) >= 11 is 0. The number of nitrogens with one attached hydrogen (secondary N) is 2. The third-order valence-corrected chi connectivity index (χ3v) is 0.802. The molecule has 1 atom stereocenters.